The summed E-state index contributed by atoms with van der Waals surface area (Å²) < 4.78 is 12.1. The molecular formula is C33H21N7O2. The van der Waals surface area contributed by atoms with Crippen molar-refractivity contribution in [3.05, 3.63) is 122 Å². The highest BCUT2D eigenvalue weighted by atomic mass is 16.4. The minimum absolute atomic E-state index is 0.341. The maximum atomic E-state index is 6.06. The van der Waals surface area contributed by atoms with Crippen molar-refractivity contribution < 1.29 is 8.83 Å². The molecule has 0 aliphatic heterocycles. The van der Waals surface area contributed by atoms with Gasteiger partial charge in [0, 0.05) is 40.8 Å². The van der Waals surface area contributed by atoms with Gasteiger partial charge < -0.3 is 8.83 Å². The third-order valence-electron chi connectivity index (χ3n) is 6.57. The summed E-state index contributed by atoms with van der Waals surface area (Å²) in [5, 5.41) is 17.1. The van der Waals surface area contributed by atoms with Crippen LogP contribution in [0, 0.1) is 0 Å². The fraction of sp³-hybridized carbons (Fsp3) is 0. The van der Waals surface area contributed by atoms with Gasteiger partial charge in [-0.05, 0) is 72.3 Å². The smallest absolute Gasteiger partial charge is 0.249 e. The summed E-state index contributed by atoms with van der Waals surface area (Å²) in [7, 11) is 0. The van der Waals surface area contributed by atoms with E-state index < -0.39 is 0 Å². The van der Waals surface area contributed by atoms with E-state index in [-0.39, 0.29) is 0 Å². The molecule has 0 aliphatic carbocycles. The molecule has 0 saturated heterocycles. The van der Waals surface area contributed by atoms with Gasteiger partial charge in [0.1, 0.15) is 0 Å². The summed E-state index contributed by atoms with van der Waals surface area (Å²) in [6.07, 6.45) is 6.93. The van der Waals surface area contributed by atoms with Crippen LogP contribution in [0.5, 0.6) is 0 Å². The fourth-order valence-corrected chi connectivity index (χ4v) is 4.43. The van der Waals surface area contributed by atoms with Crippen LogP contribution in [0.15, 0.2) is 125 Å². The molecule has 9 heteroatoms. The molecular weight excluding hydrogens is 526 g/mol. The number of nitrogens with zero attached hydrogens (tertiary/aromatic N) is 7. The van der Waals surface area contributed by atoms with Crippen molar-refractivity contribution in [2.45, 2.75) is 0 Å². The van der Waals surface area contributed by atoms with Crippen molar-refractivity contribution >= 4 is 6.08 Å². The molecule has 0 atom stereocenters. The van der Waals surface area contributed by atoms with E-state index in [0.717, 1.165) is 33.8 Å². The highest BCUT2D eigenvalue weighted by molar-refractivity contribution is 5.72. The molecule has 5 aromatic heterocycles. The lowest BCUT2D eigenvalue weighted by Gasteiger charge is -2.03. The summed E-state index contributed by atoms with van der Waals surface area (Å²) in [5.74, 6) is 1.46. The first kappa shape index (κ1) is 24.9. The average Bonchev–Trinajstić information content (AvgIpc) is 3.77. The molecule has 0 bridgehead atoms. The van der Waals surface area contributed by atoms with Gasteiger partial charge in [-0.1, -0.05) is 36.9 Å². The lowest BCUT2D eigenvalue weighted by Crippen LogP contribution is -1.87. The van der Waals surface area contributed by atoms with E-state index in [1.54, 1.807) is 24.7 Å². The molecule has 2 aromatic carbocycles. The Kier molecular flexibility index (Phi) is 6.42. The Morgan fingerprint density at radius 3 is 1.55 bits per heavy atom. The van der Waals surface area contributed by atoms with Gasteiger partial charge in [-0.3, -0.25) is 15.0 Å². The second-order valence-electron chi connectivity index (χ2n) is 9.31. The predicted molar refractivity (Wildman–Crippen MR) is 158 cm³/mol. The second-order valence-corrected chi connectivity index (χ2v) is 9.31. The van der Waals surface area contributed by atoms with Crippen LogP contribution in [0.3, 0.4) is 0 Å². The minimum Gasteiger partial charge on any atom is -0.416 e. The Labute approximate surface area is 240 Å². The number of aromatic nitrogens is 7. The molecule has 0 unspecified atom stereocenters. The Morgan fingerprint density at radius 2 is 1.00 bits per heavy atom. The molecule has 9 nitrogen and oxygen atoms in total. The van der Waals surface area contributed by atoms with E-state index in [9.17, 15) is 0 Å². The molecule has 0 fully saturated rings. The Balaban J connectivity index is 1.15. The van der Waals surface area contributed by atoms with E-state index >= 15 is 0 Å². The SMILES string of the molecule is C=Cc1cc(-c2nnc(-c3ccc(-c4ccccn4)cc3)o2)cc(-c2nnc(-c3ccc(-c4ccccn4)nc3)o2)c1. The van der Waals surface area contributed by atoms with Crippen molar-refractivity contribution in [2.75, 3.05) is 0 Å². The standard InChI is InChI=1S/C33H21N7O2/c1-2-21-17-25(32-39-37-30(41-32)23-11-9-22(10-12-23)27-7-3-5-15-34-27)19-26(18-21)33-40-38-31(42-33)24-13-14-29(36-20-24)28-8-4-6-16-35-28/h2-20H,1H2. The molecule has 7 aromatic rings. The van der Waals surface area contributed by atoms with Crippen LogP contribution in [-0.4, -0.2) is 35.3 Å². The number of hydrogen-bond acceptors (Lipinski definition) is 9. The molecule has 0 spiro atoms. The maximum Gasteiger partial charge on any atom is 0.249 e. The van der Waals surface area contributed by atoms with Crippen LogP contribution in [0.1, 0.15) is 5.56 Å². The Hall–Kier alpha value is -6.09. The zero-order chi connectivity index (χ0) is 28.3. The third kappa shape index (κ3) is 4.98. The second kappa shape index (κ2) is 10.8. The summed E-state index contributed by atoms with van der Waals surface area (Å²) >= 11 is 0. The number of rotatable bonds is 7. The van der Waals surface area contributed by atoms with Crippen molar-refractivity contribution in [3.63, 3.8) is 0 Å². The van der Waals surface area contributed by atoms with Crippen LogP contribution in [0.4, 0.5) is 0 Å². The third-order valence-corrected chi connectivity index (χ3v) is 6.57. The quantitative estimate of drug-likeness (QED) is 0.203. The fourth-order valence-electron chi connectivity index (χ4n) is 4.43. The first-order valence-corrected chi connectivity index (χ1v) is 13.1. The van der Waals surface area contributed by atoms with Gasteiger partial charge in [0.2, 0.25) is 23.6 Å². The highest BCUT2D eigenvalue weighted by Gasteiger charge is 2.16. The largest absolute Gasteiger partial charge is 0.416 e. The first-order chi connectivity index (χ1) is 20.7. The van der Waals surface area contributed by atoms with E-state index in [2.05, 4.69) is 41.9 Å². The molecule has 7 rings (SSSR count). The molecule has 0 radical (unpaired) electrons. The average molecular weight is 548 g/mol. The van der Waals surface area contributed by atoms with E-state index in [1.165, 1.54) is 0 Å². The van der Waals surface area contributed by atoms with Crippen LogP contribution >= 0.6 is 0 Å². The van der Waals surface area contributed by atoms with Crippen LogP contribution < -0.4 is 0 Å². The molecule has 42 heavy (non-hydrogen) atoms. The summed E-state index contributed by atoms with van der Waals surface area (Å²) in [6, 6.07) is 28.8. The van der Waals surface area contributed by atoms with Crippen molar-refractivity contribution in [1.29, 1.82) is 0 Å². The van der Waals surface area contributed by atoms with Gasteiger partial charge in [-0.25, -0.2) is 0 Å². The van der Waals surface area contributed by atoms with Crippen molar-refractivity contribution in [3.8, 4) is 68.5 Å². The maximum absolute atomic E-state index is 6.06. The topological polar surface area (TPSA) is 117 Å². The zero-order valence-electron chi connectivity index (χ0n) is 22.1. The van der Waals surface area contributed by atoms with Crippen LogP contribution in [0.2, 0.25) is 0 Å². The summed E-state index contributed by atoms with van der Waals surface area (Å²) in [5.41, 5.74) is 7.17. The molecule has 0 saturated carbocycles. The van der Waals surface area contributed by atoms with Crippen molar-refractivity contribution in [1.82, 2.24) is 35.3 Å². The summed E-state index contributed by atoms with van der Waals surface area (Å²) in [4.78, 5) is 13.2. The monoisotopic (exact) mass is 547 g/mol. The number of pyridine rings is 3. The number of hydrogen-bond donors (Lipinski definition) is 0. The Bertz CT molecular complexity index is 1840. The number of benzene rings is 2. The van der Waals surface area contributed by atoms with Gasteiger partial charge in [-0.15, -0.1) is 20.4 Å². The van der Waals surface area contributed by atoms with Crippen molar-refractivity contribution in [2.24, 2.45) is 0 Å². The van der Waals surface area contributed by atoms with Gasteiger partial charge in [0.15, 0.2) is 0 Å². The summed E-state index contributed by atoms with van der Waals surface area (Å²) in [6.45, 7) is 3.92. The Morgan fingerprint density at radius 1 is 0.476 bits per heavy atom. The van der Waals surface area contributed by atoms with Gasteiger partial charge >= 0.3 is 0 Å². The van der Waals surface area contributed by atoms with E-state index in [1.807, 2.05) is 91.0 Å². The van der Waals surface area contributed by atoms with Gasteiger partial charge in [0.25, 0.3) is 0 Å². The van der Waals surface area contributed by atoms with Gasteiger partial charge in [-0.2, -0.15) is 0 Å². The molecule has 0 aliphatic rings. The van der Waals surface area contributed by atoms with E-state index in [0.29, 0.717) is 40.3 Å². The minimum atomic E-state index is 0.341. The molecule has 0 N–H and O–H groups in total. The lowest BCUT2D eigenvalue weighted by molar-refractivity contribution is 0.582. The predicted octanol–water partition coefficient (Wildman–Crippen LogP) is 7.28. The zero-order valence-corrected chi connectivity index (χ0v) is 22.1. The first-order valence-electron chi connectivity index (χ1n) is 13.1. The molecule has 0 amide bonds. The van der Waals surface area contributed by atoms with Crippen LogP contribution in [0.25, 0.3) is 74.5 Å². The van der Waals surface area contributed by atoms with Gasteiger partial charge in [0.05, 0.1) is 22.6 Å². The van der Waals surface area contributed by atoms with E-state index in [4.69, 9.17) is 8.83 Å². The van der Waals surface area contributed by atoms with Crippen LogP contribution in [-0.2, 0) is 0 Å². The lowest BCUT2D eigenvalue weighted by atomic mass is 10.1. The highest BCUT2D eigenvalue weighted by Crippen LogP contribution is 2.31. The molecule has 5 heterocycles. The molecule has 200 valence electrons. The normalized spacial score (nSPS) is 11.0.